The minimum atomic E-state index is 0.0694. The highest BCUT2D eigenvalue weighted by atomic mass is 32.1. The van der Waals surface area contributed by atoms with Crippen molar-refractivity contribution in [3.05, 3.63) is 33.2 Å². The number of nitrogens with one attached hydrogen (secondary N) is 2. The molecule has 0 spiro atoms. The van der Waals surface area contributed by atoms with Crippen molar-refractivity contribution in [2.24, 2.45) is 0 Å². The Kier molecular flexibility index (Phi) is 2.86. The number of rotatable bonds is 2. The fourth-order valence-corrected chi connectivity index (χ4v) is 2.96. The molecular formula is C12H15N3OS. The maximum Gasteiger partial charge on any atom is 0.267 e. The molecule has 90 valence electrons. The standard InChI is InChI=1S/C12H15N3OS/c16-12-6-11(9-3-5-17-8-9)14-15(12)10-2-1-4-13-7-10/h3,5-6,8,10,13-14H,1-2,4,7H2/t10-/m1/s1. The van der Waals surface area contributed by atoms with Gasteiger partial charge in [-0.05, 0) is 30.8 Å². The van der Waals surface area contributed by atoms with Crippen LogP contribution in [-0.2, 0) is 0 Å². The molecule has 17 heavy (non-hydrogen) atoms. The van der Waals surface area contributed by atoms with Crippen molar-refractivity contribution >= 4 is 11.3 Å². The van der Waals surface area contributed by atoms with Crippen LogP contribution in [0.25, 0.3) is 11.3 Å². The summed E-state index contributed by atoms with van der Waals surface area (Å²) in [5, 5.41) is 10.6. The quantitative estimate of drug-likeness (QED) is 0.853. The molecule has 0 aromatic carbocycles. The summed E-state index contributed by atoms with van der Waals surface area (Å²) >= 11 is 1.64. The molecule has 1 aliphatic heterocycles. The molecule has 0 saturated carbocycles. The van der Waals surface area contributed by atoms with Crippen LogP contribution in [0.4, 0.5) is 0 Å². The van der Waals surface area contributed by atoms with Crippen LogP contribution in [0.5, 0.6) is 0 Å². The third kappa shape index (κ3) is 2.08. The Morgan fingerprint density at radius 1 is 1.47 bits per heavy atom. The Balaban J connectivity index is 1.93. The second-order valence-corrected chi connectivity index (χ2v) is 5.17. The fraction of sp³-hybridized carbons (Fsp3) is 0.417. The molecule has 2 N–H and O–H groups in total. The van der Waals surface area contributed by atoms with E-state index in [9.17, 15) is 4.79 Å². The minimum Gasteiger partial charge on any atom is -0.315 e. The van der Waals surface area contributed by atoms with E-state index in [4.69, 9.17) is 0 Å². The number of hydrogen-bond donors (Lipinski definition) is 2. The normalized spacial score (nSPS) is 20.6. The van der Waals surface area contributed by atoms with Crippen molar-refractivity contribution in [2.75, 3.05) is 13.1 Å². The molecule has 1 fully saturated rings. The van der Waals surface area contributed by atoms with E-state index in [0.717, 1.165) is 37.2 Å². The molecule has 0 amide bonds. The topological polar surface area (TPSA) is 49.8 Å². The molecule has 5 heteroatoms. The largest absolute Gasteiger partial charge is 0.315 e. The number of nitrogens with zero attached hydrogens (tertiary/aromatic N) is 1. The van der Waals surface area contributed by atoms with Gasteiger partial charge < -0.3 is 5.32 Å². The summed E-state index contributed by atoms with van der Waals surface area (Å²) in [5.41, 5.74) is 2.08. The number of piperidine rings is 1. The van der Waals surface area contributed by atoms with Crippen LogP contribution < -0.4 is 10.9 Å². The zero-order chi connectivity index (χ0) is 11.7. The fourth-order valence-electron chi connectivity index (χ4n) is 2.30. The van der Waals surface area contributed by atoms with Gasteiger partial charge in [0.05, 0.1) is 11.7 Å². The number of aromatic amines is 1. The average Bonchev–Trinajstić information content (AvgIpc) is 2.99. The average molecular weight is 249 g/mol. The molecule has 3 heterocycles. The Morgan fingerprint density at radius 2 is 2.41 bits per heavy atom. The molecule has 0 unspecified atom stereocenters. The lowest BCUT2D eigenvalue weighted by Crippen LogP contribution is -2.35. The minimum absolute atomic E-state index is 0.0694. The van der Waals surface area contributed by atoms with E-state index in [1.807, 2.05) is 11.4 Å². The van der Waals surface area contributed by atoms with Crippen LogP contribution in [0, 0.1) is 0 Å². The van der Waals surface area contributed by atoms with E-state index < -0.39 is 0 Å². The Bertz CT molecular complexity index is 534. The summed E-state index contributed by atoms with van der Waals surface area (Å²) in [6.07, 6.45) is 2.19. The summed E-state index contributed by atoms with van der Waals surface area (Å²) in [5.74, 6) is 0. The molecule has 2 aromatic rings. The van der Waals surface area contributed by atoms with Gasteiger partial charge in [0.1, 0.15) is 0 Å². The second-order valence-electron chi connectivity index (χ2n) is 4.39. The number of hydrogen-bond acceptors (Lipinski definition) is 3. The van der Waals surface area contributed by atoms with Crippen LogP contribution in [0.2, 0.25) is 0 Å². The van der Waals surface area contributed by atoms with Crippen LogP contribution in [0.15, 0.2) is 27.7 Å². The van der Waals surface area contributed by atoms with Crippen molar-refractivity contribution in [3.63, 3.8) is 0 Å². The molecule has 0 aliphatic carbocycles. The van der Waals surface area contributed by atoms with E-state index in [1.54, 1.807) is 22.1 Å². The van der Waals surface area contributed by atoms with E-state index in [1.165, 1.54) is 0 Å². The van der Waals surface area contributed by atoms with E-state index in [2.05, 4.69) is 15.8 Å². The van der Waals surface area contributed by atoms with Gasteiger partial charge in [-0.25, -0.2) is 4.68 Å². The number of H-pyrrole nitrogens is 1. The summed E-state index contributed by atoms with van der Waals surface area (Å²) in [4.78, 5) is 11.9. The van der Waals surface area contributed by atoms with Crippen LogP contribution in [0.3, 0.4) is 0 Å². The van der Waals surface area contributed by atoms with Crippen molar-refractivity contribution < 1.29 is 0 Å². The van der Waals surface area contributed by atoms with E-state index >= 15 is 0 Å². The van der Waals surface area contributed by atoms with Crippen molar-refractivity contribution in [2.45, 2.75) is 18.9 Å². The zero-order valence-electron chi connectivity index (χ0n) is 9.48. The van der Waals surface area contributed by atoms with Crippen LogP contribution >= 0.6 is 11.3 Å². The maximum absolute atomic E-state index is 11.9. The van der Waals surface area contributed by atoms with Crippen LogP contribution in [-0.4, -0.2) is 22.9 Å². The summed E-state index contributed by atoms with van der Waals surface area (Å²) in [6.45, 7) is 1.94. The molecule has 3 rings (SSSR count). The van der Waals surface area contributed by atoms with Gasteiger partial charge in [0.15, 0.2) is 0 Å². The maximum atomic E-state index is 11.9. The van der Waals surface area contributed by atoms with Crippen molar-refractivity contribution in [3.8, 4) is 11.3 Å². The smallest absolute Gasteiger partial charge is 0.267 e. The summed E-state index contributed by atoms with van der Waals surface area (Å²) < 4.78 is 1.76. The number of aromatic nitrogens is 2. The highest BCUT2D eigenvalue weighted by molar-refractivity contribution is 7.08. The first-order valence-corrected chi connectivity index (χ1v) is 6.84. The van der Waals surface area contributed by atoms with Gasteiger partial charge in [-0.2, -0.15) is 11.3 Å². The Labute approximate surface area is 103 Å². The molecule has 2 aromatic heterocycles. The molecule has 1 saturated heterocycles. The lowest BCUT2D eigenvalue weighted by atomic mass is 10.1. The summed E-state index contributed by atoms with van der Waals surface area (Å²) in [6, 6.07) is 3.99. The molecule has 0 radical (unpaired) electrons. The van der Waals surface area contributed by atoms with Gasteiger partial charge in [0, 0.05) is 23.6 Å². The molecule has 1 atom stereocenters. The van der Waals surface area contributed by atoms with E-state index in [-0.39, 0.29) is 11.6 Å². The first-order valence-electron chi connectivity index (χ1n) is 5.89. The van der Waals surface area contributed by atoms with Gasteiger partial charge in [0.2, 0.25) is 0 Å². The molecular weight excluding hydrogens is 234 g/mol. The van der Waals surface area contributed by atoms with Gasteiger partial charge in [-0.15, -0.1) is 0 Å². The monoisotopic (exact) mass is 249 g/mol. The van der Waals surface area contributed by atoms with Crippen molar-refractivity contribution in [1.82, 2.24) is 15.1 Å². The SMILES string of the molecule is O=c1cc(-c2ccsc2)[nH]n1[C@@H]1CCCNC1. The lowest BCUT2D eigenvalue weighted by molar-refractivity contribution is 0.341. The van der Waals surface area contributed by atoms with Gasteiger partial charge in [-0.3, -0.25) is 9.89 Å². The van der Waals surface area contributed by atoms with Gasteiger partial charge >= 0.3 is 0 Å². The summed E-state index contributed by atoms with van der Waals surface area (Å²) in [7, 11) is 0. The van der Waals surface area contributed by atoms with Gasteiger partial charge in [-0.1, -0.05) is 0 Å². The molecule has 0 bridgehead atoms. The molecule has 4 nitrogen and oxygen atoms in total. The van der Waals surface area contributed by atoms with Crippen LogP contribution in [0.1, 0.15) is 18.9 Å². The third-order valence-corrected chi connectivity index (χ3v) is 3.90. The highest BCUT2D eigenvalue weighted by Gasteiger charge is 2.17. The lowest BCUT2D eigenvalue weighted by Gasteiger charge is -2.23. The third-order valence-electron chi connectivity index (χ3n) is 3.21. The highest BCUT2D eigenvalue weighted by Crippen LogP contribution is 2.20. The first kappa shape index (κ1) is 10.8. The van der Waals surface area contributed by atoms with E-state index in [0.29, 0.717) is 0 Å². The predicted molar refractivity (Wildman–Crippen MR) is 69.5 cm³/mol. The van der Waals surface area contributed by atoms with Crippen molar-refractivity contribution in [1.29, 1.82) is 0 Å². The second kappa shape index (κ2) is 4.50. The molecule has 1 aliphatic rings. The van der Waals surface area contributed by atoms with Gasteiger partial charge in [0.25, 0.3) is 5.56 Å². The predicted octanol–water partition coefficient (Wildman–Crippen LogP) is 1.83. The first-order chi connectivity index (χ1) is 8.34. The number of thiophene rings is 1. The Morgan fingerprint density at radius 3 is 3.12 bits per heavy atom. The Hall–Kier alpha value is -1.33. The zero-order valence-corrected chi connectivity index (χ0v) is 10.3.